The minimum Gasteiger partial charge on any atom is -0.391 e. The molecule has 0 bridgehead atoms. The molecule has 6 nitrogen and oxygen atoms in total. The number of aromatic nitrogens is 2. The second kappa shape index (κ2) is 6.58. The fourth-order valence-corrected chi connectivity index (χ4v) is 2.97. The van der Waals surface area contributed by atoms with Gasteiger partial charge in [-0.3, -0.25) is 0 Å². The summed E-state index contributed by atoms with van der Waals surface area (Å²) in [5.74, 6) is 0.264. The molecule has 1 saturated heterocycles. The number of urea groups is 1. The highest BCUT2D eigenvalue weighted by molar-refractivity contribution is 5.74. The molecule has 0 radical (unpaired) electrons. The average Bonchev–Trinajstić information content (AvgIpc) is 2.94. The lowest BCUT2D eigenvalue weighted by atomic mass is 9.96. The zero-order valence-corrected chi connectivity index (χ0v) is 13.7. The number of aliphatic hydroxyl groups is 1. The molecule has 124 valence electrons. The van der Waals surface area contributed by atoms with Gasteiger partial charge in [-0.2, -0.15) is 0 Å². The van der Waals surface area contributed by atoms with E-state index in [1.807, 2.05) is 42.8 Å². The fraction of sp³-hybridized carbons (Fsp3) is 0.529. The van der Waals surface area contributed by atoms with Crippen molar-refractivity contribution < 1.29 is 9.90 Å². The van der Waals surface area contributed by atoms with Gasteiger partial charge in [0, 0.05) is 38.4 Å². The molecule has 2 atom stereocenters. The van der Waals surface area contributed by atoms with Crippen LogP contribution in [-0.4, -0.2) is 51.2 Å². The molecule has 3 rings (SSSR count). The normalized spacial score (nSPS) is 21.6. The highest BCUT2D eigenvalue weighted by Gasteiger charge is 2.26. The molecule has 23 heavy (non-hydrogen) atoms. The van der Waals surface area contributed by atoms with Crippen LogP contribution in [0, 0.1) is 12.8 Å². The molecule has 0 saturated carbocycles. The Hall–Kier alpha value is -2.08. The van der Waals surface area contributed by atoms with Crippen LogP contribution in [0.2, 0.25) is 0 Å². The third-order valence-electron chi connectivity index (χ3n) is 4.59. The van der Waals surface area contributed by atoms with Crippen molar-refractivity contribution in [1.29, 1.82) is 0 Å². The van der Waals surface area contributed by atoms with Gasteiger partial charge in [0.15, 0.2) is 0 Å². The monoisotopic (exact) mass is 316 g/mol. The molecular formula is C17H24N4O2. The molecule has 2 N–H and O–H groups in total. The van der Waals surface area contributed by atoms with E-state index in [2.05, 4.69) is 10.3 Å². The predicted octanol–water partition coefficient (Wildman–Crippen LogP) is 1.60. The van der Waals surface area contributed by atoms with Crippen LogP contribution in [0.5, 0.6) is 0 Å². The van der Waals surface area contributed by atoms with E-state index in [9.17, 15) is 9.90 Å². The number of hydrogen-bond donors (Lipinski definition) is 2. The number of aliphatic hydroxyl groups excluding tert-OH is 1. The number of pyridine rings is 1. The van der Waals surface area contributed by atoms with Gasteiger partial charge in [0.1, 0.15) is 5.65 Å². The van der Waals surface area contributed by atoms with Crippen molar-refractivity contribution in [3.8, 4) is 0 Å². The third-order valence-corrected chi connectivity index (χ3v) is 4.59. The van der Waals surface area contributed by atoms with Gasteiger partial charge >= 0.3 is 6.03 Å². The van der Waals surface area contributed by atoms with E-state index in [0.29, 0.717) is 26.1 Å². The first kappa shape index (κ1) is 15.8. The Morgan fingerprint density at radius 2 is 2.35 bits per heavy atom. The highest BCUT2D eigenvalue weighted by atomic mass is 16.3. The molecule has 1 aliphatic heterocycles. The summed E-state index contributed by atoms with van der Waals surface area (Å²) in [5, 5.41) is 12.8. The van der Waals surface area contributed by atoms with Crippen LogP contribution in [0.1, 0.15) is 24.6 Å². The summed E-state index contributed by atoms with van der Waals surface area (Å²) < 4.78 is 2.01. The SMILES string of the molecule is Cc1cccn2cc(CCNC(=O)N3CCC(C)C(O)C3)nc12. The number of aryl methyl sites for hydroxylation is 1. The van der Waals surface area contributed by atoms with Crippen molar-refractivity contribution in [3.05, 3.63) is 35.8 Å². The summed E-state index contributed by atoms with van der Waals surface area (Å²) in [4.78, 5) is 18.4. The quantitative estimate of drug-likeness (QED) is 0.903. The molecule has 1 aliphatic rings. The minimum absolute atomic E-state index is 0.101. The summed E-state index contributed by atoms with van der Waals surface area (Å²) >= 11 is 0. The molecule has 2 amide bonds. The molecule has 0 spiro atoms. The Bertz CT molecular complexity index is 697. The fourth-order valence-electron chi connectivity index (χ4n) is 2.97. The second-order valence-electron chi connectivity index (χ2n) is 6.42. The Morgan fingerprint density at radius 1 is 1.52 bits per heavy atom. The van der Waals surface area contributed by atoms with Crippen LogP contribution in [0.15, 0.2) is 24.5 Å². The van der Waals surface area contributed by atoms with E-state index in [0.717, 1.165) is 23.3 Å². The summed E-state index contributed by atoms with van der Waals surface area (Å²) in [7, 11) is 0. The van der Waals surface area contributed by atoms with Crippen molar-refractivity contribution in [3.63, 3.8) is 0 Å². The standard InChI is InChI=1S/C17H24N4O2/c1-12-6-9-21(11-15(12)22)17(23)18-7-5-14-10-20-8-3-4-13(2)16(20)19-14/h3-4,8,10,12,15,22H,5-7,9,11H2,1-2H3,(H,18,23). The van der Waals surface area contributed by atoms with E-state index in [1.165, 1.54) is 0 Å². The lowest BCUT2D eigenvalue weighted by molar-refractivity contribution is 0.0436. The molecule has 0 aromatic carbocycles. The van der Waals surface area contributed by atoms with Crippen molar-refractivity contribution in [2.24, 2.45) is 5.92 Å². The van der Waals surface area contributed by atoms with Crippen LogP contribution in [0.4, 0.5) is 4.79 Å². The number of likely N-dealkylation sites (tertiary alicyclic amines) is 1. The van der Waals surface area contributed by atoms with E-state index in [-0.39, 0.29) is 11.9 Å². The van der Waals surface area contributed by atoms with Gasteiger partial charge in [0.05, 0.1) is 11.8 Å². The van der Waals surface area contributed by atoms with Gasteiger partial charge in [0.25, 0.3) is 0 Å². The number of carbonyl (C=O) groups excluding carboxylic acids is 1. The lowest BCUT2D eigenvalue weighted by Crippen LogP contribution is -2.49. The number of amides is 2. The Morgan fingerprint density at radius 3 is 3.09 bits per heavy atom. The molecule has 0 aliphatic carbocycles. The topological polar surface area (TPSA) is 69.9 Å². The minimum atomic E-state index is -0.420. The Balaban J connectivity index is 1.52. The molecule has 3 heterocycles. The van der Waals surface area contributed by atoms with Crippen molar-refractivity contribution in [2.75, 3.05) is 19.6 Å². The third kappa shape index (κ3) is 3.47. The van der Waals surface area contributed by atoms with Gasteiger partial charge in [0.2, 0.25) is 0 Å². The molecule has 2 aromatic rings. The Kier molecular flexibility index (Phi) is 4.52. The van der Waals surface area contributed by atoms with Crippen LogP contribution in [0.25, 0.3) is 5.65 Å². The summed E-state index contributed by atoms with van der Waals surface area (Å²) in [5.41, 5.74) is 3.06. The van der Waals surface area contributed by atoms with Crippen LogP contribution >= 0.6 is 0 Å². The van der Waals surface area contributed by atoms with Crippen LogP contribution in [0.3, 0.4) is 0 Å². The molecule has 6 heteroatoms. The van der Waals surface area contributed by atoms with Crippen LogP contribution in [-0.2, 0) is 6.42 Å². The maximum atomic E-state index is 12.1. The van der Waals surface area contributed by atoms with E-state index < -0.39 is 6.10 Å². The number of piperidine rings is 1. The smallest absolute Gasteiger partial charge is 0.317 e. The van der Waals surface area contributed by atoms with E-state index in [4.69, 9.17) is 0 Å². The first-order valence-electron chi connectivity index (χ1n) is 8.18. The summed E-state index contributed by atoms with van der Waals surface area (Å²) in [6, 6.07) is 3.94. The number of nitrogens with one attached hydrogen (secondary N) is 1. The first-order chi connectivity index (χ1) is 11.0. The number of fused-ring (bicyclic) bond motifs is 1. The maximum Gasteiger partial charge on any atom is 0.317 e. The molecule has 1 fully saturated rings. The zero-order valence-electron chi connectivity index (χ0n) is 13.7. The van der Waals surface area contributed by atoms with Gasteiger partial charge in [-0.05, 0) is 30.9 Å². The number of β-amino-alcohol motifs (C(OH)–C–C–N with tert-alkyl or cyclic N) is 1. The summed E-state index contributed by atoms with van der Waals surface area (Å²) in [6.07, 6.45) is 5.10. The van der Waals surface area contributed by atoms with Crippen LogP contribution < -0.4 is 5.32 Å². The van der Waals surface area contributed by atoms with Crippen molar-refractivity contribution in [1.82, 2.24) is 19.6 Å². The number of hydrogen-bond acceptors (Lipinski definition) is 3. The first-order valence-corrected chi connectivity index (χ1v) is 8.18. The van der Waals surface area contributed by atoms with Crippen molar-refractivity contribution >= 4 is 11.7 Å². The van der Waals surface area contributed by atoms with Gasteiger partial charge < -0.3 is 19.7 Å². The number of rotatable bonds is 3. The predicted molar refractivity (Wildman–Crippen MR) is 88.4 cm³/mol. The number of imidazole rings is 1. The van der Waals surface area contributed by atoms with Gasteiger partial charge in [-0.25, -0.2) is 9.78 Å². The average molecular weight is 316 g/mol. The molecule has 2 unspecified atom stereocenters. The van der Waals surface area contributed by atoms with E-state index >= 15 is 0 Å². The largest absolute Gasteiger partial charge is 0.391 e. The summed E-state index contributed by atoms with van der Waals surface area (Å²) in [6.45, 7) is 5.73. The molecule has 2 aromatic heterocycles. The number of nitrogens with zero attached hydrogens (tertiary/aromatic N) is 3. The zero-order chi connectivity index (χ0) is 16.4. The van der Waals surface area contributed by atoms with Gasteiger partial charge in [-0.1, -0.05) is 13.0 Å². The maximum absolute atomic E-state index is 12.1. The van der Waals surface area contributed by atoms with Gasteiger partial charge in [-0.15, -0.1) is 0 Å². The molecular weight excluding hydrogens is 292 g/mol. The Labute approximate surface area is 136 Å². The second-order valence-corrected chi connectivity index (χ2v) is 6.42. The number of carbonyl (C=O) groups is 1. The van der Waals surface area contributed by atoms with E-state index in [1.54, 1.807) is 4.90 Å². The van der Waals surface area contributed by atoms with Crippen molar-refractivity contribution in [2.45, 2.75) is 32.8 Å². The lowest BCUT2D eigenvalue weighted by Gasteiger charge is -2.34. The highest BCUT2D eigenvalue weighted by Crippen LogP contribution is 2.16.